The Morgan fingerprint density at radius 3 is 2.94 bits per heavy atom. The lowest BCUT2D eigenvalue weighted by Crippen LogP contribution is -2.43. The van der Waals surface area contributed by atoms with Gasteiger partial charge in [0.25, 0.3) is 0 Å². The average Bonchev–Trinajstić information content (AvgIpc) is 2.27. The van der Waals surface area contributed by atoms with E-state index in [-0.39, 0.29) is 4.75 Å². The highest BCUT2D eigenvalue weighted by molar-refractivity contribution is 8.00. The molecule has 17 heavy (non-hydrogen) atoms. The van der Waals surface area contributed by atoms with Crippen molar-refractivity contribution >= 4 is 23.3 Å². The summed E-state index contributed by atoms with van der Waals surface area (Å²) in [6.07, 6.45) is 1.58. The van der Waals surface area contributed by atoms with Gasteiger partial charge in [-0.25, -0.2) is 4.98 Å². The van der Waals surface area contributed by atoms with Crippen LogP contribution in [0.25, 0.3) is 0 Å². The van der Waals surface area contributed by atoms with Crippen molar-refractivity contribution < 1.29 is 0 Å². The summed E-state index contributed by atoms with van der Waals surface area (Å²) in [4.78, 5) is 6.51. The van der Waals surface area contributed by atoms with Crippen LogP contribution in [0.15, 0.2) is 12.3 Å². The Hall–Kier alpha value is -1.41. The summed E-state index contributed by atoms with van der Waals surface area (Å²) in [6, 6.07) is 3.74. The largest absolute Gasteiger partial charge is 0.396 e. The molecule has 0 unspecified atom stereocenters. The maximum absolute atomic E-state index is 8.78. The number of hydrogen-bond acceptors (Lipinski definition) is 5. The summed E-state index contributed by atoms with van der Waals surface area (Å²) < 4.78 is 0.222. The number of nitrogens with two attached hydrogens (primary N) is 1. The highest BCUT2D eigenvalue weighted by Gasteiger charge is 2.28. The molecule has 0 aliphatic carbocycles. The van der Waals surface area contributed by atoms with Crippen LogP contribution in [-0.2, 0) is 0 Å². The summed E-state index contributed by atoms with van der Waals surface area (Å²) in [7, 11) is 0. The molecular weight excluding hydrogens is 232 g/mol. The van der Waals surface area contributed by atoms with E-state index in [2.05, 4.69) is 23.7 Å². The summed E-state index contributed by atoms with van der Waals surface area (Å²) >= 11 is 1.97. The number of hydrogen-bond donors (Lipinski definition) is 1. The van der Waals surface area contributed by atoms with Gasteiger partial charge in [0.2, 0.25) is 0 Å². The molecule has 0 aromatic carbocycles. The van der Waals surface area contributed by atoms with E-state index in [0.29, 0.717) is 11.3 Å². The van der Waals surface area contributed by atoms with Gasteiger partial charge in [-0.3, -0.25) is 0 Å². The molecule has 0 radical (unpaired) electrons. The Labute approximate surface area is 106 Å². The molecule has 2 rings (SSSR count). The molecule has 1 aliphatic rings. The zero-order valence-corrected chi connectivity index (χ0v) is 10.9. The van der Waals surface area contributed by atoms with Crippen molar-refractivity contribution in [3.8, 4) is 6.07 Å². The average molecular weight is 248 g/mol. The van der Waals surface area contributed by atoms with Crippen LogP contribution in [0.1, 0.15) is 19.4 Å². The lowest BCUT2D eigenvalue weighted by Gasteiger charge is -2.38. The van der Waals surface area contributed by atoms with Crippen LogP contribution in [0.2, 0.25) is 0 Å². The number of nitrogen functional groups attached to an aromatic ring is 1. The highest BCUT2D eigenvalue weighted by Crippen LogP contribution is 2.33. The van der Waals surface area contributed by atoms with Gasteiger partial charge in [0.05, 0.1) is 11.3 Å². The molecule has 1 saturated heterocycles. The van der Waals surface area contributed by atoms with E-state index in [4.69, 9.17) is 11.0 Å². The molecule has 0 atom stereocenters. The monoisotopic (exact) mass is 248 g/mol. The minimum atomic E-state index is 0.222. The fourth-order valence-corrected chi connectivity index (χ4v) is 3.11. The Morgan fingerprint density at radius 2 is 2.35 bits per heavy atom. The summed E-state index contributed by atoms with van der Waals surface area (Å²) in [5.74, 6) is 1.88. The second-order valence-corrected chi connectivity index (χ2v) is 6.58. The third kappa shape index (κ3) is 2.64. The molecule has 90 valence electrons. The van der Waals surface area contributed by atoms with Gasteiger partial charge in [-0.2, -0.15) is 17.0 Å². The first-order chi connectivity index (χ1) is 8.02. The lowest BCUT2D eigenvalue weighted by molar-refractivity contribution is 0.643. The van der Waals surface area contributed by atoms with E-state index < -0.39 is 0 Å². The molecule has 1 fully saturated rings. The van der Waals surface area contributed by atoms with Gasteiger partial charge in [-0.1, -0.05) is 0 Å². The lowest BCUT2D eigenvalue weighted by atomic mass is 10.1. The number of thioether (sulfide) groups is 1. The molecule has 0 spiro atoms. The Kier molecular flexibility index (Phi) is 3.16. The van der Waals surface area contributed by atoms with Crippen molar-refractivity contribution in [2.24, 2.45) is 0 Å². The predicted octanol–water partition coefficient (Wildman–Crippen LogP) is 1.87. The van der Waals surface area contributed by atoms with E-state index in [9.17, 15) is 0 Å². The topological polar surface area (TPSA) is 65.9 Å². The quantitative estimate of drug-likeness (QED) is 0.821. The second kappa shape index (κ2) is 4.46. The van der Waals surface area contributed by atoms with Crippen LogP contribution in [-0.4, -0.2) is 28.6 Å². The number of aromatic nitrogens is 1. The minimum Gasteiger partial charge on any atom is -0.396 e. The molecule has 2 heterocycles. The molecule has 1 aromatic heterocycles. The van der Waals surface area contributed by atoms with Gasteiger partial charge >= 0.3 is 0 Å². The van der Waals surface area contributed by atoms with E-state index in [1.54, 1.807) is 12.3 Å². The Balaban J connectivity index is 2.26. The van der Waals surface area contributed by atoms with E-state index in [1.165, 1.54) is 0 Å². The molecule has 5 heteroatoms. The first-order valence-corrected chi connectivity index (χ1v) is 6.55. The summed E-state index contributed by atoms with van der Waals surface area (Å²) in [5, 5.41) is 8.78. The van der Waals surface area contributed by atoms with Gasteiger partial charge in [-0.05, 0) is 19.9 Å². The molecular formula is C12H16N4S. The molecule has 0 bridgehead atoms. The van der Waals surface area contributed by atoms with Gasteiger partial charge in [0, 0.05) is 29.8 Å². The fourth-order valence-electron chi connectivity index (χ4n) is 2.00. The SMILES string of the molecule is CC1(C)CN(c2ncc(C#N)cc2N)CCS1. The number of nitriles is 1. The van der Waals surface area contributed by atoms with Gasteiger partial charge in [0.1, 0.15) is 6.07 Å². The summed E-state index contributed by atoms with van der Waals surface area (Å²) in [5.41, 5.74) is 7.05. The third-order valence-corrected chi connectivity index (χ3v) is 4.05. The maximum atomic E-state index is 8.78. The first-order valence-electron chi connectivity index (χ1n) is 5.56. The van der Waals surface area contributed by atoms with Crippen LogP contribution >= 0.6 is 11.8 Å². The van der Waals surface area contributed by atoms with E-state index >= 15 is 0 Å². The van der Waals surface area contributed by atoms with Gasteiger partial charge in [-0.15, -0.1) is 0 Å². The molecule has 0 saturated carbocycles. The van der Waals surface area contributed by atoms with E-state index in [0.717, 1.165) is 24.7 Å². The van der Waals surface area contributed by atoms with E-state index in [1.807, 2.05) is 17.8 Å². The normalized spacial score (nSPS) is 18.8. The molecule has 2 N–H and O–H groups in total. The summed E-state index contributed by atoms with van der Waals surface area (Å²) in [6.45, 7) is 6.34. The highest BCUT2D eigenvalue weighted by atomic mass is 32.2. The number of pyridine rings is 1. The fraction of sp³-hybridized carbons (Fsp3) is 0.500. The second-order valence-electron chi connectivity index (χ2n) is 4.78. The standard InChI is InChI=1S/C12H16N4S/c1-12(2)8-16(3-4-17-12)11-10(14)5-9(6-13)7-15-11/h5,7H,3-4,8,14H2,1-2H3. The maximum Gasteiger partial charge on any atom is 0.151 e. The van der Waals surface area contributed by atoms with Crippen molar-refractivity contribution in [1.82, 2.24) is 4.98 Å². The zero-order valence-electron chi connectivity index (χ0n) is 10.1. The van der Waals surface area contributed by atoms with Crippen LogP contribution in [0.3, 0.4) is 0 Å². The number of anilines is 2. The predicted molar refractivity (Wildman–Crippen MR) is 72.1 cm³/mol. The van der Waals surface area contributed by atoms with Crippen molar-refractivity contribution in [2.45, 2.75) is 18.6 Å². The molecule has 1 aliphatic heterocycles. The van der Waals surface area contributed by atoms with Gasteiger partial charge < -0.3 is 10.6 Å². The minimum absolute atomic E-state index is 0.222. The first kappa shape index (κ1) is 12.1. The van der Waals surface area contributed by atoms with Gasteiger partial charge in [0.15, 0.2) is 5.82 Å². The Morgan fingerprint density at radius 1 is 1.59 bits per heavy atom. The smallest absolute Gasteiger partial charge is 0.151 e. The van der Waals surface area contributed by atoms with Crippen molar-refractivity contribution in [3.63, 3.8) is 0 Å². The molecule has 1 aromatic rings. The third-order valence-electron chi connectivity index (χ3n) is 2.75. The number of nitrogens with zero attached hydrogens (tertiary/aromatic N) is 3. The molecule has 4 nitrogen and oxygen atoms in total. The number of rotatable bonds is 1. The van der Waals surface area contributed by atoms with Crippen LogP contribution in [0, 0.1) is 11.3 Å². The van der Waals surface area contributed by atoms with Crippen LogP contribution < -0.4 is 10.6 Å². The van der Waals surface area contributed by atoms with Crippen LogP contribution in [0.4, 0.5) is 11.5 Å². The van der Waals surface area contributed by atoms with Crippen LogP contribution in [0.5, 0.6) is 0 Å². The van der Waals surface area contributed by atoms with Crippen molar-refractivity contribution in [3.05, 3.63) is 17.8 Å². The zero-order chi connectivity index (χ0) is 12.5. The molecule has 0 amide bonds. The van der Waals surface area contributed by atoms with Crippen molar-refractivity contribution in [2.75, 3.05) is 29.5 Å². The Bertz CT molecular complexity index is 464. The van der Waals surface area contributed by atoms with Crippen molar-refractivity contribution in [1.29, 1.82) is 5.26 Å².